The number of nitrogens with one attached hydrogen (secondary N) is 2. The molecule has 0 aliphatic heterocycles. The molecule has 2 aromatic heterocycles. The van der Waals surface area contributed by atoms with Gasteiger partial charge in [-0.15, -0.1) is 5.10 Å². The molecule has 0 saturated heterocycles. The molecule has 90 valence electrons. The molecule has 2 N–H and O–H groups in total. The lowest BCUT2D eigenvalue weighted by molar-refractivity contribution is -0.119. The maximum atomic E-state index is 11.8. The van der Waals surface area contributed by atoms with E-state index in [-0.39, 0.29) is 17.9 Å². The summed E-state index contributed by atoms with van der Waals surface area (Å²) in [6.07, 6.45) is 2.83. The SMILES string of the molecule is COc1n[nH]c(NC(=O)C(C)n2cncn2)n1. The van der Waals surface area contributed by atoms with Crippen LogP contribution in [0.15, 0.2) is 12.7 Å². The predicted molar refractivity (Wildman–Crippen MR) is 56.3 cm³/mol. The van der Waals surface area contributed by atoms with E-state index in [0.717, 1.165) is 0 Å². The second kappa shape index (κ2) is 4.60. The van der Waals surface area contributed by atoms with E-state index in [9.17, 15) is 4.79 Å². The molecule has 0 saturated carbocycles. The third-order valence-electron chi connectivity index (χ3n) is 2.10. The first-order valence-corrected chi connectivity index (χ1v) is 4.82. The monoisotopic (exact) mass is 237 g/mol. The van der Waals surface area contributed by atoms with E-state index < -0.39 is 6.04 Å². The molecule has 0 aliphatic carbocycles. The highest BCUT2D eigenvalue weighted by Gasteiger charge is 2.17. The summed E-state index contributed by atoms with van der Waals surface area (Å²) in [7, 11) is 1.44. The van der Waals surface area contributed by atoms with Gasteiger partial charge in [0.15, 0.2) is 0 Å². The second-order valence-corrected chi connectivity index (χ2v) is 3.21. The van der Waals surface area contributed by atoms with Gasteiger partial charge in [-0.3, -0.25) is 10.1 Å². The Morgan fingerprint density at radius 1 is 1.65 bits per heavy atom. The number of H-pyrrole nitrogens is 1. The van der Waals surface area contributed by atoms with E-state index in [0.29, 0.717) is 0 Å². The van der Waals surface area contributed by atoms with Crippen molar-refractivity contribution in [2.75, 3.05) is 12.4 Å². The molecule has 17 heavy (non-hydrogen) atoms. The van der Waals surface area contributed by atoms with Gasteiger partial charge in [-0.1, -0.05) is 0 Å². The molecule has 2 heterocycles. The van der Waals surface area contributed by atoms with Gasteiger partial charge in [0, 0.05) is 0 Å². The second-order valence-electron chi connectivity index (χ2n) is 3.21. The lowest BCUT2D eigenvalue weighted by Crippen LogP contribution is -2.24. The maximum Gasteiger partial charge on any atom is 0.336 e. The lowest BCUT2D eigenvalue weighted by atomic mass is 10.3. The van der Waals surface area contributed by atoms with Crippen molar-refractivity contribution < 1.29 is 9.53 Å². The average Bonchev–Trinajstić information content (AvgIpc) is 2.98. The number of nitrogens with zero attached hydrogens (tertiary/aromatic N) is 5. The summed E-state index contributed by atoms with van der Waals surface area (Å²) in [6, 6.07) is -0.331. The van der Waals surface area contributed by atoms with Crippen LogP contribution in [-0.2, 0) is 4.79 Å². The third-order valence-corrected chi connectivity index (χ3v) is 2.10. The summed E-state index contributed by atoms with van der Waals surface area (Å²) in [5.41, 5.74) is 0. The van der Waals surface area contributed by atoms with E-state index in [2.05, 4.69) is 30.6 Å². The quantitative estimate of drug-likeness (QED) is 0.748. The number of hydrogen-bond acceptors (Lipinski definition) is 6. The normalized spacial score (nSPS) is 12.1. The Morgan fingerprint density at radius 3 is 3.06 bits per heavy atom. The van der Waals surface area contributed by atoms with Crippen molar-refractivity contribution in [2.45, 2.75) is 13.0 Å². The fraction of sp³-hybridized carbons (Fsp3) is 0.375. The number of methoxy groups -OCH3 is 1. The van der Waals surface area contributed by atoms with Crippen LogP contribution >= 0.6 is 0 Å². The van der Waals surface area contributed by atoms with Crippen molar-refractivity contribution in [2.24, 2.45) is 0 Å². The van der Waals surface area contributed by atoms with E-state index >= 15 is 0 Å². The van der Waals surface area contributed by atoms with Gasteiger partial charge in [0.1, 0.15) is 18.7 Å². The Kier molecular flexibility index (Phi) is 2.99. The van der Waals surface area contributed by atoms with E-state index in [4.69, 9.17) is 4.74 Å². The summed E-state index contributed by atoms with van der Waals surface area (Å²) < 4.78 is 6.21. The Labute approximate surface area is 96.2 Å². The van der Waals surface area contributed by atoms with E-state index in [1.54, 1.807) is 6.92 Å². The van der Waals surface area contributed by atoms with Gasteiger partial charge >= 0.3 is 6.01 Å². The van der Waals surface area contributed by atoms with Crippen molar-refractivity contribution in [3.05, 3.63) is 12.7 Å². The minimum absolute atomic E-state index is 0.161. The first kappa shape index (κ1) is 11.0. The number of carbonyl (C=O) groups is 1. The molecule has 1 unspecified atom stereocenters. The zero-order valence-electron chi connectivity index (χ0n) is 9.28. The molecule has 9 nitrogen and oxygen atoms in total. The summed E-state index contributed by atoms with van der Waals surface area (Å²) in [6.45, 7) is 1.69. The molecule has 0 bridgehead atoms. The fourth-order valence-electron chi connectivity index (χ4n) is 1.15. The van der Waals surface area contributed by atoms with Crippen LogP contribution < -0.4 is 10.1 Å². The lowest BCUT2D eigenvalue weighted by Gasteiger charge is -2.09. The zero-order valence-corrected chi connectivity index (χ0v) is 9.28. The maximum absolute atomic E-state index is 11.8. The molecule has 1 atom stereocenters. The minimum Gasteiger partial charge on any atom is -0.466 e. The van der Waals surface area contributed by atoms with Crippen LogP contribution in [0.3, 0.4) is 0 Å². The highest BCUT2D eigenvalue weighted by Crippen LogP contribution is 2.08. The van der Waals surface area contributed by atoms with Crippen molar-refractivity contribution in [1.82, 2.24) is 29.9 Å². The number of aromatic amines is 1. The molecule has 2 aromatic rings. The van der Waals surface area contributed by atoms with Gasteiger partial charge in [0.2, 0.25) is 5.95 Å². The summed E-state index contributed by atoms with van der Waals surface area (Å²) in [5, 5.41) is 12.6. The number of anilines is 1. The molecular formula is C8H11N7O2. The topological polar surface area (TPSA) is 111 Å². The molecule has 1 amide bonds. The zero-order chi connectivity index (χ0) is 12.3. The smallest absolute Gasteiger partial charge is 0.336 e. The molecule has 9 heteroatoms. The number of aromatic nitrogens is 6. The first-order valence-electron chi connectivity index (χ1n) is 4.82. The number of rotatable bonds is 4. The van der Waals surface area contributed by atoms with Crippen LogP contribution in [0.5, 0.6) is 6.01 Å². The number of ether oxygens (including phenoxy) is 1. The molecule has 0 fully saturated rings. The van der Waals surface area contributed by atoms with Crippen molar-refractivity contribution in [1.29, 1.82) is 0 Å². The van der Waals surface area contributed by atoms with Crippen molar-refractivity contribution in [3.8, 4) is 6.01 Å². The molecule has 0 aromatic carbocycles. The van der Waals surface area contributed by atoms with Gasteiger partial charge in [-0.2, -0.15) is 10.1 Å². The standard InChI is InChI=1S/C8H11N7O2/c1-5(15-4-9-3-10-15)6(16)11-7-12-8(17-2)14-13-7/h3-5H,1-2H3,(H2,11,12,13,14,16). The Balaban J connectivity index is 2.01. The Bertz CT molecular complexity index is 492. The molecule has 2 rings (SSSR count). The largest absolute Gasteiger partial charge is 0.466 e. The Morgan fingerprint density at radius 2 is 2.47 bits per heavy atom. The van der Waals surface area contributed by atoms with Gasteiger partial charge in [0.25, 0.3) is 5.91 Å². The molecule has 0 radical (unpaired) electrons. The van der Waals surface area contributed by atoms with Crippen LogP contribution in [-0.4, -0.2) is 43.0 Å². The molecule has 0 spiro atoms. The number of amides is 1. The van der Waals surface area contributed by atoms with Crippen LogP contribution in [0, 0.1) is 0 Å². The van der Waals surface area contributed by atoms with Gasteiger partial charge in [-0.05, 0) is 6.92 Å². The van der Waals surface area contributed by atoms with Gasteiger partial charge in [-0.25, -0.2) is 14.8 Å². The first-order chi connectivity index (χ1) is 8.20. The minimum atomic E-state index is -0.492. The van der Waals surface area contributed by atoms with Crippen LogP contribution in [0.1, 0.15) is 13.0 Å². The van der Waals surface area contributed by atoms with Gasteiger partial charge < -0.3 is 4.74 Å². The predicted octanol–water partition coefficient (Wildman–Crippen LogP) is -0.396. The van der Waals surface area contributed by atoms with Crippen molar-refractivity contribution >= 4 is 11.9 Å². The summed E-state index contributed by atoms with van der Waals surface area (Å²) in [4.78, 5) is 19.4. The van der Waals surface area contributed by atoms with E-state index in [1.165, 1.54) is 24.4 Å². The third kappa shape index (κ3) is 2.38. The van der Waals surface area contributed by atoms with Crippen LogP contribution in [0.25, 0.3) is 0 Å². The summed E-state index contributed by atoms with van der Waals surface area (Å²) >= 11 is 0. The highest BCUT2D eigenvalue weighted by atomic mass is 16.5. The summed E-state index contributed by atoms with van der Waals surface area (Å²) in [5.74, 6) is -0.0619. The molecule has 0 aliphatic rings. The highest BCUT2D eigenvalue weighted by molar-refractivity contribution is 5.91. The number of carbonyl (C=O) groups excluding carboxylic acids is 1. The van der Waals surface area contributed by atoms with E-state index in [1.807, 2.05) is 0 Å². The Hall–Kier alpha value is -2.45. The average molecular weight is 237 g/mol. The van der Waals surface area contributed by atoms with Gasteiger partial charge in [0.05, 0.1) is 7.11 Å². The number of hydrogen-bond donors (Lipinski definition) is 2. The van der Waals surface area contributed by atoms with Crippen LogP contribution in [0.2, 0.25) is 0 Å². The fourth-order valence-corrected chi connectivity index (χ4v) is 1.15. The van der Waals surface area contributed by atoms with Crippen LogP contribution in [0.4, 0.5) is 5.95 Å². The van der Waals surface area contributed by atoms with Crippen molar-refractivity contribution in [3.63, 3.8) is 0 Å². The molecular weight excluding hydrogens is 226 g/mol.